The fourth-order valence-corrected chi connectivity index (χ4v) is 8.37. The average Bonchev–Trinajstić information content (AvgIpc) is 3.61. The Kier molecular flexibility index (Phi) is 7.49. The lowest BCUT2D eigenvalue weighted by atomic mass is 9.89. The van der Waals surface area contributed by atoms with Gasteiger partial charge >= 0.3 is 0 Å². The maximum absolute atomic E-state index is 5.03. The summed E-state index contributed by atoms with van der Waals surface area (Å²) in [4.78, 5) is 15.0. The number of fused-ring (bicyclic) bond motifs is 4. The first-order valence-corrected chi connectivity index (χ1v) is 19.0. The number of hydrogen-bond donors (Lipinski definition) is 0. The SMILES string of the molecule is c1ccc(-c2nc(-c3ccccc3)nc(-c3cccc(-c4cc5ccccc5cc4-c4ccc(-c5ccc6c7c(cccc57)-c5ccccc5-6)cc4)c3)n2)cc1. The molecule has 1 aliphatic carbocycles. The normalized spacial score (nSPS) is 11.6. The average molecular weight is 712 g/mol. The number of rotatable bonds is 6. The van der Waals surface area contributed by atoms with Crippen molar-refractivity contribution in [1.82, 2.24) is 15.0 Å². The highest BCUT2D eigenvalue weighted by Crippen LogP contribution is 2.49. The van der Waals surface area contributed by atoms with Gasteiger partial charge in [-0.2, -0.15) is 0 Å². The smallest absolute Gasteiger partial charge is 0.164 e. The Bertz CT molecular complexity index is 3030. The molecule has 0 spiro atoms. The molecule has 1 heterocycles. The summed E-state index contributed by atoms with van der Waals surface area (Å²) in [6.45, 7) is 0. The van der Waals surface area contributed by atoms with Crippen molar-refractivity contribution < 1.29 is 0 Å². The highest BCUT2D eigenvalue weighted by atomic mass is 15.0. The minimum atomic E-state index is 0.639. The molecule has 0 fully saturated rings. The van der Waals surface area contributed by atoms with Gasteiger partial charge < -0.3 is 0 Å². The molecule has 0 saturated heterocycles. The predicted octanol–water partition coefficient (Wildman–Crippen LogP) is 13.8. The van der Waals surface area contributed by atoms with Crippen molar-refractivity contribution in [3.05, 3.63) is 200 Å². The van der Waals surface area contributed by atoms with Crippen molar-refractivity contribution in [3.8, 4) is 89.8 Å². The van der Waals surface area contributed by atoms with E-state index in [9.17, 15) is 0 Å². The summed E-state index contributed by atoms with van der Waals surface area (Å²) in [6.07, 6.45) is 0. The second kappa shape index (κ2) is 13.1. The van der Waals surface area contributed by atoms with Crippen molar-refractivity contribution in [1.29, 1.82) is 0 Å². The van der Waals surface area contributed by atoms with E-state index >= 15 is 0 Å². The zero-order valence-corrected chi connectivity index (χ0v) is 30.4. The van der Waals surface area contributed by atoms with Crippen molar-refractivity contribution in [2.75, 3.05) is 0 Å². The Hall–Kier alpha value is -7.49. The van der Waals surface area contributed by atoms with Crippen LogP contribution in [0, 0.1) is 0 Å². The zero-order chi connectivity index (χ0) is 37.0. The molecule has 0 radical (unpaired) electrons. The second-order valence-electron chi connectivity index (χ2n) is 14.4. The molecular weight excluding hydrogens is 679 g/mol. The van der Waals surface area contributed by atoms with Gasteiger partial charge in [0.05, 0.1) is 0 Å². The largest absolute Gasteiger partial charge is 0.208 e. The molecule has 0 bridgehead atoms. The van der Waals surface area contributed by atoms with Crippen LogP contribution in [0.3, 0.4) is 0 Å². The van der Waals surface area contributed by atoms with Crippen LogP contribution >= 0.6 is 0 Å². The summed E-state index contributed by atoms with van der Waals surface area (Å²) < 4.78 is 0. The maximum Gasteiger partial charge on any atom is 0.164 e. The van der Waals surface area contributed by atoms with Crippen molar-refractivity contribution in [2.45, 2.75) is 0 Å². The fraction of sp³-hybridized carbons (Fsp3) is 0. The van der Waals surface area contributed by atoms with Gasteiger partial charge in [0.1, 0.15) is 0 Å². The monoisotopic (exact) mass is 711 g/mol. The molecule has 3 heteroatoms. The van der Waals surface area contributed by atoms with E-state index in [2.05, 4.69) is 140 Å². The molecule has 0 amide bonds. The first-order valence-electron chi connectivity index (χ1n) is 19.0. The Balaban J connectivity index is 1.02. The molecule has 0 saturated carbocycles. The van der Waals surface area contributed by atoms with Gasteiger partial charge in [0.15, 0.2) is 17.5 Å². The zero-order valence-electron chi connectivity index (χ0n) is 30.4. The highest BCUT2D eigenvalue weighted by molar-refractivity contribution is 6.18. The predicted molar refractivity (Wildman–Crippen MR) is 232 cm³/mol. The molecule has 0 N–H and O–H groups in total. The Morgan fingerprint density at radius 3 is 1.29 bits per heavy atom. The minimum Gasteiger partial charge on any atom is -0.208 e. The number of hydrogen-bond acceptors (Lipinski definition) is 3. The van der Waals surface area contributed by atoms with Crippen LogP contribution in [0.2, 0.25) is 0 Å². The number of benzene rings is 9. The summed E-state index contributed by atoms with van der Waals surface area (Å²) in [5.41, 5.74) is 15.2. The van der Waals surface area contributed by atoms with Crippen LogP contribution in [-0.4, -0.2) is 15.0 Å². The quantitative estimate of drug-likeness (QED) is 0.172. The lowest BCUT2D eigenvalue weighted by molar-refractivity contribution is 1.07. The van der Waals surface area contributed by atoms with E-state index in [0.717, 1.165) is 33.4 Å². The van der Waals surface area contributed by atoms with Gasteiger partial charge in [0.25, 0.3) is 0 Å². The standard InChI is InChI=1S/C53H33N3/c1-3-13-36(14-4-1)51-54-52(37-15-5-2-6-16-37)56-53(55-51)41-20-11-19-40(31-41)49-33-39-18-8-7-17-38(39)32-48(49)35-27-25-34(26-28-35)42-29-30-47-44-22-10-9-21-43(44)46-24-12-23-45(42)50(46)47/h1-33H. The van der Waals surface area contributed by atoms with Gasteiger partial charge in [0.2, 0.25) is 0 Å². The van der Waals surface area contributed by atoms with E-state index < -0.39 is 0 Å². The summed E-state index contributed by atoms with van der Waals surface area (Å²) in [6, 6.07) is 71.2. The van der Waals surface area contributed by atoms with Crippen LogP contribution in [-0.2, 0) is 0 Å². The van der Waals surface area contributed by atoms with E-state index in [0.29, 0.717) is 17.5 Å². The molecule has 1 aromatic heterocycles. The molecule has 9 aromatic carbocycles. The lowest BCUT2D eigenvalue weighted by Gasteiger charge is -2.15. The van der Waals surface area contributed by atoms with Gasteiger partial charge in [-0.3, -0.25) is 0 Å². The molecule has 10 aromatic rings. The van der Waals surface area contributed by atoms with Gasteiger partial charge in [-0.05, 0) is 95.4 Å². The van der Waals surface area contributed by atoms with Crippen molar-refractivity contribution in [3.63, 3.8) is 0 Å². The van der Waals surface area contributed by atoms with Crippen molar-refractivity contribution in [2.24, 2.45) is 0 Å². The van der Waals surface area contributed by atoms with Crippen LogP contribution in [0.5, 0.6) is 0 Å². The van der Waals surface area contributed by atoms with Gasteiger partial charge in [-0.1, -0.05) is 182 Å². The first kappa shape index (κ1) is 32.0. The van der Waals surface area contributed by atoms with Crippen LogP contribution in [0.4, 0.5) is 0 Å². The van der Waals surface area contributed by atoms with Gasteiger partial charge in [0, 0.05) is 16.7 Å². The number of nitrogens with zero attached hydrogens (tertiary/aromatic N) is 3. The Labute approximate surface area is 325 Å². The molecule has 11 rings (SSSR count). The van der Waals surface area contributed by atoms with Crippen LogP contribution in [0.25, 0.3) is 111 Å². The lowest BCUT2D eigenvalue weighted by Crippen LogP contribution is -2.00. The van der Waals surface area contributed by atoms with E-state index in [1.165, 1.54) is 60.5 Å². The molecule has 0 aliphatic heterocycles. The van der Waals surface area contributed by atoms with Crippen LogP contribution < -0.4 is 0 Å². The van der Waals surface area contributed by atoms with E-state index in [4.69, 9.17) is 15.0 Å². The molecule has 0 unspecified atom stereocenters. The molecule has 0 atom stereocenters. The van der Waals surface area contributed by atoms with Crippen LogP contribution in [0.1, 0.15) is 0 Å². The summed E-state index contributed by atoms with van der Waals surface area (Å²) in [5, 5.41) is 5.03. The highest BCUT2D eigenvalue weighted by Gasteiger charge is 2.22. The Morgan fingerprint density at radius 2 is 0.661 bits per heavy atom. The molecule has 3 nitrogen and oxygen atoms in total. The third kappa shape index (κ3) is 5.40. The van der Waals surface area contributed by atoms with Gasteiger partial charge in [-0.25, -0.2) is 15.0 Å². The summed E-state index contributed by atoms with van der Waals surface area (Å²) in [5.74, 6) is 1.94. The Morgan fingerprint density at radius 1 is 0.232 bits per heavy atom. The van der Waals surface area contributed by atoms with E-state index in [1.807, 2.05) is 60.7 Å². The third-order valence-corrected chi connectivity index (χ3v) is 11.1. The van der Waals surface area contributed by atoms with E-state index in [-0.39, 0.29) is 0 Å². The second-order valence-corrected chi connectivity index (χ2v) is 14.4. The first-order chi connectivity index (χ1) is 27.7. The molecular formula is C53H33N3. The van der Waals surface area contributed by atoms with Crippen molar-refractivity contribution >= 4 is 21.5 Å². The maximum atomic E-state index is 5.03. The van der Waals surface area contributed by atoms with E-state index in [1.54, 1.807) is 0 Å². The molecule has 260 valence electrons. The fourth-order valence-electron chi connectivity index (χ4n) is 8.37. The van der Waals surface area contributed by atoms with Gasteiger partial charge in [-0.15, -0.1) is 0 Å². The minimum absolute atomic E-state index is 0.639. The summed E-state index contributed by atoms with van der Waals surface area (Å²) in [7, 11) is 0. The topological polar surface area (TPSA) is 38.7 Å². The molecule has 56 heavy (non-hydrogen) atoms. The molecule has 1 aliphatic rings. The third-order valence-electron chi connectivity index (χ3n) is 11.1. The number of aromatic nitrogens is 3. The van der Waals surface area contributed by atoms with Crippen LogP contribution in [0.15, 0.2) is 200 Å². The summed E-state index contributed by atoms with van der Waals surface area (Å²) >= 11 is 0.